The predicted octanol–water partition coefficient (Wildman–Crippen LogP) is 3.40. The minimum absolute atomic E-state index is 0.685. The third-order valence-electron chi connectivity index (χ3n) is 3.50. The van der Waals surface area contributed by atoms with Gasteiger partial charge >= 0.3 is 0 Å². The van der Waals surface area contributed by atoms with E-state index in [1.54, 1.807) is 0 Å². The molecule has 0 atom stereocenters. The molecule has 0 bridgehead atoms. The molecule has 1 aromatic rings. The summed E-state index contributed by atoms with van der Waals surface area (Å²) in [5.74, 6) is 2.86. The standard InChI is InChI=1S/C16H28N2O/c1-4-9-18(14-5-6-14)12-16-8-7-15(19-16)11-17-10-13(2)3/h7-8,13-14,17H,4-6,9-12H2,1-3H3. The van der Waals surface area contributed by atoms with Gasteiger partial charge in [0.15, 0.2) is 0 Å². The highest BCUT2D eigenvalue weighted by Crippen LogP contribution is 2.28. The van der Waals surface area contributed by atoms with Crippen molar-refractivity contribution in [1.82, 2.24) is 10.2 Å². The molecule has 0 aliphatic heterocycles. The van der Waals surface area contributed by atoms with Crippen LogP contribution in [0.1, 0.15) is 51.6 Å². The molecule has 0 spiro atoms. The number of furan rings is 1. The molecule has 108 valence electrons. The highest BCUT2D eigenvalue weighted by molar-refractivity contribution is 5.07. The van der Waals surface area contributed by atoms with E-state index in [0.717, 1.165) is 37.2 Å². The zero-order valence-corrected chi connectivity index (χ0v) is 12.6. The van der Waals surface area contributed by atoms with Crippen LogP contribution in [0.4, 0.5) is 0 Å². The Kier molecular flexibility index (Phi) is 5.46. The average molecular weight is 264 g/mol. The molecule has 0 aromatic carbocycles. The third kappa shape index (κ3) is 5.00. The second kappa shape index (κ2) is 7.11. The van der Waals surface area contributed by atoms with Gasteiger partial charge in [0.1, 0.15) is 11.5 Å². The molecule has 0 unspecified atom stereocenters. The van der Waals surface area contributed by atoms with Gasteiger partial charge in [-0.05, 0) is 50.4 Å². The highest BCUT2D eigenvalue weighted by atomic mass is 16.3. The van der Waals surface area contributed by atoms with Crippen molar-refractivity contribution >= 4 is 0 Å². The number of rotatable bonds is 9. The van der Waals surface area contributed by atoms with E-state index < -0.39 is 0 Å². The van der Waals surface area contributed by atoms with E-state index in [0.29, 0.717) is 5.92 Å². The molecule has 2 rings (SSSR count). The molecule has 19 heavy (non-hydrogen) atoms. The second-order valence-electron chi connectivity index (χ2n) is 6.09. The van der Waals surface area contributed by atoms with Crippen molar-refractivity contribution in [2.24, 2.45) is 5.92 Å². The SMILES string of the molecule is CCCN(Cc1ccc(CNCC(C)C)o1)C1CC1. The van der Waals surface area contributed by atoms with Crippen LogP contribution in [0.5, 0.6) is 0 Å². The lowest BCUT2D eigenvalue weighted by atomic mass is 10.2. The van der Waals surface area contributed by atoms with Crippen LogP contribution in [0.3, 0.4) is 0 Å². The molecule has 1 heterocycles. The summed E-state index contributed by atoms with van der Waals surface area (Å²) in [6, 6.07) is 5.06. The Morgan fingerprint density at radius 2 is 2.05 bits per heavy atom. The zero-order valence-electron chi connectivity index (χ0n) is 12.6. The van der Waals surface area contributed by atoms with Crippen LogP contribution in [0.25, 0.3) is 0 Å². The Hall–Kier alpha value is -0.800. The maximum absolute atomic E-state index is 5.92. The van der Waals surface area contributed by atoms with E-state index >= 15 is 0 Å². The Morgan fingerprint density at radius 3 is 2.68 bits per heavy atom. The van der Waals surface area contributed by atoms with Gasteiger partial charge in [-0.2, -0.15) is 0 Å². The third-order valence-corrected chi connectivity index (χ3v) is 3.50. The fraction of sp³-hybridized carbons (Fsp3) is 0.750. The summed E-state index contributed by atoms with van der Waals surface area (Å²) in [4.78, 5) is 2.56. The van der Waals surface area contributed by atoms with Crippen LogP contribution in [-0.2, 0) is 13.1 Å². The lowest BCUT2D eigenvalue weighted by Gasteiger charge is -2.19. The quantitative estimate of drug-likeness (QED) is 0.741. The summed E-state index contributed by atoms with van der Waals surface area (Å²) in [5, 5.41) is 3.42. The van der Waals surface area contributed by atoms with Crippen LogP contribution in [0.15, 0.2) is 16.5 Å². The number of hydrogen-bond donors (Lipinski definition) is 1. The molecule has 1 saturated carbocycles. The fourth-order valence-corrected chi connectivity index (χ4v) is 2.40. The van der Waals surface area contributed by atoms with Crippen LogP contribution >= 0.6 is 0 Å². The van der Waals surface area contributed by atoms with Crippen LogP contribution in [-0.4, -0.2) is 24.0 Å². The Labute approximate surface area is 117 Å². The molecule has 1 aromatic heterocycles. The van der Waals surface area contributed by atoms with Gasteiger partial charge in [0, 0.05) is 6.04 Å². The van der Waals surface area contributed by atoms with Crippen molar-refractivity contribution in [2.75, 3.05) is 13.1 Å². The van der Waals surface area contributed by atoms with Crippen LogP contribution in [0.2, 0.25) is 0 Å². The molecule has 1 fully saturated rings. The first-order chi connectivity index (χ1) is 9.19. The number of nitrogens with one attached hydrogen (secondary N) is 1. The molecule has 0 radical (unpaired) electrons. The van der Waals surface area contributed by atoms with Gasteiger partial charge in [0.05, 0.1) is 13.1 Å². The van der Waals surface area contributed by atoms with E-state index in [1.807, 2.05) is 0 Å². The summed E-state index contributed by atoms with van der Waals surface area (Å²) in [7, 11) is 0. The lowest BCUT2D eigenvalue weighted by Crippen LogP contribution is -2.26. The summed E-state index contributed by atoms with van der Waals surface area (Å²) >= 11 is 0. The Balaban J connectivity index is 1.79. The first kappa shape index (κ1) is 14.6. The summed E-state index contributed by atoms with van der Waals surface area (Å²) < 4.78 is 5.92. The van der Waals surface area contributed by atoms with E-state index in [-0.39, 0.29) is 0 Å². The highest BCUT2D eigenvalue weighted by Gasteiger charge is 2.28. The largest absolute Gasteiger partial charge is 0.463 e. The van der Waals surface area contributed by atoms with E-state index in [2.05, 4.69) is 43.1 Å². The van der Waals surface area contributed by atoms with E-state index in [9.17, 15) is 0 Å². The lowest BCUT2D eigenvalue weighted by molar-refractivity contribution is 0.231. The molecular weight excluding hydrogens is 236 g/mol. The van der Waals surface area contributed by atoms with Crippen molar-refractivity contribution in [3.05, 3.63) is 23.7 Å². The number of hydrogen-bond acceptors (Lipinski definition) is 3. The predicted molar refractivity (Wildman–Crippen MR) is 79.0 cm³/mol. The van der Waals surface area contributed by atoms with Crippen LogP contribution < -0.4 is 5.32 Å². The minimum Gasteiger partial charge on any atom is -0.463 e. The van der Waals surface area contributed by atoms with E-state index in [1.165, 1.54) is 25.8 Å². The van der Waals surface area contributed by atoms with Crippen molar-refractivity contribution in [2.45, 2.75) is 59.2 Å². The Morgan fingerprint density at radius 1 is 1.32 bits per heavy atom. The van der Waals surface area contributed by atoms with Crippen molar-refractivity contribution in [3.8, 4) is 0 Å². The maximum atomic E-state index is 5.92. The molecule has 1 aliphatic carbocycles. The van der Waals surface area contributed by atoms with Crippen LogP contribution in [0, 0.1) is 5.92 Å². The Bertz CT molecular complexity index is 369. The van der Waals surface area contributed by atoms with Gasteiger partial charge in [0.25, 0.3) is 0 Å². The van der Waals surface area contributed by atoms with Gasteiger partial charge in [-0.25, -0.2) is 0 Å². The summed E-state index contributed by atoms with van der Waals surface area (Å²) in [6.45, 7) is 10.7. The first-order valence-electron chi connectivity index (χ1n) is 7.71. The topological polar surface area (TPSA) is 28.4 Å². The van der Waals surface area contributed by atoms with Gasteiger partial charge < -0.3 is 9.73 Å². The van der Waals surface area contributed by atoms with E-state index in [4.69, 9.17) is 4.42 Å². The molecule has 3 heteroatoms. The summed E-state index contributed by atoms with van der Waals surface area (Å²) in [6.07, 6.45) is 3.95. The summed E-state index contributed by atoms with van der Waals surface area (Å²) in [5.41, 5.74) is 0. The van der Waals surface area contributed by atoms with Gasteiger partial charge in [-0.3, -0.25) is 4.90 Å². The molecular formula is C16H28N2O. The molecule has 1 N–H and O–H groups in total. The monoisotopic (exact) mass is 264 g/mol. The molecule has 1 aliphatic rings. The first-order valence-corrected chi connectivity index (χ1v) is 7.71. The molecule has 0 saturated heterocycles. The average Bonchev–Trinajstić information content (AvgIpc) is 3.11. The van der Waals surface area contributed by atoms with Gasteiger partial charge in [0.2, 0.25) is 0 Å². The smallest absolute Gasteiger partial charge is 0.118 e. The maximum Gasteiger partial charge on any atom is 0.118 e. The molecule has 0 amide bonds. The van der Waals surface area contributed by atoms with Crippen molar-refractivity contribution < 1.29 is 4.42 Å². The van der Waals surface area contributed by atoms with Crippen molar-refractivity contribution in [1.29, 1.82) is 0 Å². The normalized spacial score (nSPS) is 15.6. The van der Waals surface area contributed by atoms with Gasteiger partial charge in [-0.15, -0.1) is 0 Å². The second-order valence-corrected chi connectivity index (χ2v) is 6.09. The van der Waals surface area contributed by atoms with Crippen molar-refractivity contribution in [3.63, 3.8) is 0 Å². The fourth-order valence-electron chi connectivity index (χ4n) is 2.40. The van der Waals surface area contributed by atoms with Gasteiger partial charge in [-0.1, -0.05) is 20.8 Å². The minimum atomic E-state index is 0.685. The molecule has 3 nitrogen and oxygen atoms in total. The number of nitrogens with zero attached hydrogens (tertiary/aromatic N) is 1. The zero-order chi connectivity index (χ0) is 13.7.